The fourth-order valence-corrected chi connectivity index (χ4v) is 3.99. The number of nitrogens with one attached hydrogen (secondary N) is 2. The van der Waals surface area contributed by atoms with Crippen LogP contribution in [0.2, 0.25) is 0 Å². The van der Waals surface area contributed by atoms with Gasteiger partial charge in [0, 0.05) is 35.1 Å². The van der Waals surface area contributed by atoms with Crippen molar-refractivity contribution in [1.29, 1.82) is 0 Å². The maximum absolute atomic E-state index is 14.6. The summed E-state index contributed by atoms with van der Waals surface area (Å²) >= 11 is 0. The van der Waals surface area contributed by atoms with Crippen LogP contribution in [0.1, 0.15) is 54.4 Å². The first-order valence-corrected chi connectivity index (χ1v) is 11.6. The van der Waals surface area contributed by atoms with Crippen LogP contribution < -0.4 is 16.4 Å². The summed E-state index contributed by atoms with van der Waals surface area (Å²) in [7, 11) is 0. The number of anilines is 2. The second-order valence-electron chi connectivity index (χ2n) is 8.57. The van der Waals surface area contributed by atoms with Crippen LogP contribution in [0.25, 0.3) is 5.70 Å². The summed E-state index contributed by atoms with van der Waals surface area (Å²) in [4.78, 5) is 4.85. The molecule has 34 heavy (non-hydrogen) atoms. The number of benzene rings is 3. The number of nitrogen functional groups attached to an aromatic ring is 1. The smallest absolute Gasteiger partial charge is 0.149 e. The van der Waals surface area contributed by atoms with Crippen molar-refractivity contribution in [2.75, 3.05) is 17.6 Å². The quantitative estimate of drug-likeness (QED) is 0.195. The highest BCUT2D eigenvalue weighted by atomic mass is 19.1. The van der Waals surface area contributed by atoms with Gasteiger partial charge in [0.2, 0.25) is 0 Å². The average Bonchev–Trinajstić information content (AvgIpc) is 3.67. The number of rotatable bonds is 9. The van der Waals surface area contributed by atoms with E-state index in [-0.39, 0.29) is 5.69 Å². The van der Waals surface area contributed by atoms with Crippen LogP contribution in [0.4, 0.5) is 20.2 Å². The van der Waals surface area contributed by atoms with Crippen molar-refractivity contribution in [2.24, 2.45) is 4.99 Å². The zero-order valence-corrected chi connectivity index (χ0v) is 19.4. The maximum atomic E-state index is 14.6. The van der Waals surface area contributed by atoms with Gasteiger partial charge in [0.15, 0.2) is 0 Å². The Hall–Kier alpha value is -3.67. The molecule has 0 amide bonds. The van der Waals surface area contributed by atoms with Crippen LogP contribution in [-0.4, -0.2) is 12.4 Å². The first-order valence-electron chi connectivity index (χ1n) is 11.6. The number of nitrogens with zero attached hydrogens (tertiary/aromatic N) is 1. The molecule has 1 aliphatic rings. The van der Waals surface area contributed by atoms with Crippen LogP contribution in [0.3, 0.4) is 0 Å². The Morgan fingerprint density at radius 2 is 1.79 bits per heavy atom. The lowest BCUT2D eigenvalue weighted by Gasteiger charge is -2.18. The van der Waals surface area contributed by atoms with E-state index in [0.717, 1.165) is 18.1 Å². The van der Waals surface area contributed by atoms with Gasteiger partial charge in [-0.1, -0.05) is 49.9 Å². The van der Waals surface area contributed by atoms with Crippen molar-refractivity contribution in [3.63, 3.8) is 0 Å². The van der Waals surface area contributed by atoms with Crippen LogP contribution in [0.5, 0.6) is 0 Å². The summed E-state index contributed by atoms with van der Waals surface area (Å²) < 4.78 is 28.7. The highest BCUT2D eigenvalue weighted by Gasteiger charge is 2.25. The van der Waals surface area contributed by atoms with E-state index < -0.39 is 11.6 Å². The zero-order chi connectivity index (χ0) is 24.1. The van der Waals surface area contributed by atoms with Gasteiger partial charge < -0.3 is 16.4 Å². The summed E-state index contributed by atoms with van der Waals surface area (Å²) in [6.07, 6.45) is 3.20. The molecule has 0 spiro atoms. The molecule has 176 valence electrons. The number of hydrogen-bond acceptors (Lipinski definition) is 3. The van der Waals surface area contributed by atoms with E-state index >= 15 is 0 Å². The molecule has 4 N–H and O–H groups in total. The summed E-state index contributed by atoms with van der Waals surface area (Å²) in [6.45, 7) is 7.05. The molecule has 3 aromatic rings. The Bertz CT molecular complexity index is 1210. The molecule has 4 rings (SSSR count). The number of amidine groups is 1. The van der Waals surface area contributed by atoms with Gasteiger partial charge in [0.05, 0.1) is 12.2 Å². The van der Waals surface area contributed by atoms with Gasteiger partial charge in [-0.05, 0) is 54.5 Å². The lowest BCUT2D eigenvalue weighted by molar-refractivity contribution is 0.584. The minimum absolute atomic E-state index is 0.209. The predicted molar refractivity (Wildman–Crippen MR) is 137 cm³/mol. The fraction of sp³-hybridized carbons (Fsp3) is 0.250. The Kier molecular flexibility index (Phi) is 7.26. The largest absolute Gasteiger partial charge is 0.398 e. The van der Waals surface area contributed by atoms with E-state index in [1.54, 1.807) is 6.07 Å². The van der Waals surface area contributed by atoms with Gasteiger partial charge >= 0.3 is 0 Å². The molecule has 0 aromatic heterocycles. The molecule has 0 bridgehead atoms. The van der Waals surface area contributed by atoms with Crippen molar-refractivity contribution in [2.45, 2.75) is 38.6 Å². The third-order valence-electron chi connectivity index (χ3n) is 5.90. The van der Waals surface area contributed by atoms with E-state index in [2.05, 4.69) is 35.4 Å². The van der Waals surface area contributed by atoms with Crippen molar-refractivity contribution in [3.05, 3.63) is 101 Å². The van der Waals surface area contributed by atoms with Gasteiger partial charge in [-0.3, -0.25) is 4.99 Å². The highest BCUT2D eigenvalue weighted by molar-refractivity contribution is 6.07. The number of nitrogens with two attached hydrogens (primary N) is 1. The van der Waals surface area contributed by atoms with Crippen LogP contribution in [0, 0.1) is 11.6 Å². The number of hydrogen-bond donors (Lipinski definition) is 3. The third-order valence-corrected chi connectivity index (χ3v) is 5.90. The van der Waals surface area contributed by atoms with Crippen LogP contribution >= 0.6 is 0 Å². The second kappa shape index (κ2) is 10.5. The monoisotopic (exact) mass is 460 g/mol. The Morgan fingerprint density at radius 3 is 2.53 bits per heavy atom. The van der Waals surface area contributed by atoms with E-state index in [1.807, 2.05) is 31.2 Å². The SMILES string of the molecule is C=C(NC(=NCc1ccccc1C1CC1)c1ccccc1N)c1cc(F)cc(F)c1NCCC. The lowest BCUT2D eigenvalue weighted by Crippen LogP contribution is -2.25. The van der Waals surface area contributed by atoms with Gasteiger partial charge in [0.25, 0.3) is 0 Å². The Labute approximate surface area is 199 Å². The molecule has 0 heterocycles. The number of halogens is 2. The number of aliphatic imine (C=N–C) groups is 1. The molecule has 4 nitrogen and oxygen atoms in total. The van der Waals surface area contributed by atoms with Gasteiger partial charge in [-0.15, -0.1) is 0 Å². The average molecular weight is 461 g/mol. The standard InChI is InChI=1S/C28H30F2N4/c1-3-14-32-27-24(15-21(29)16-25(27)30)18(2)34-28(23-10-6-7-11-26(23)31)33-17-20-8-4-5-9-22(20)19-12-13-19/h4-11,15-16,19,32H,2-3,12-14,17,31H2,1H3,(H,33,34). The fourth-order valence-electron chi connectivity index (χ4n) is 3.99. The molecule has 0 unspecified atom stereocenters. The third kappa shape index (κ3) is 5.45. The minimum Gasteiger partial charge on any atom is -0.398 e. The van der Waals surface area contributed by atoms with E-state index in [0.29, 0.717) is 47.4 Å². The molecule has 0 saturated heterocycles. The first-order chi connectivity index (χ1) is 16.5. The molecular weight excluding hydrogens is 430 g/mol. The van der Waals surface area contributed by atoms with Crippen molar-refractivity contribution in [1.82, 2.24) is 5.32 Å². The molecule has 0 aliphatic heterocycles. The predicted octanol–water partition coefficient (Wildman–Crippen LogP) is 6.45. The van der Waals surface area contributed by atoms with Crippen LogP contribution in [-0.2, 0) is 6.54 Å². The normalized spacial score (nSPS) is 13.6. The molecule has 1 fully saturated rings. The molecule has 1 saturated carbocycles. The number of para-hydroxylation sites is 1. The molecular formula is C28H30F2N4. The summed E-state index contributed by atoms with van der Waals surface area (Å²) in [6, 6.07) is 17.8. The first kappa shape index (κ1) is 23.5. The summed E-state index contributed by atoms with van der Waals surface area (Å²) in [5.74, 6) is -0.238. The highest BCUT2D eigenvalue weighted by Crippen LogP contribution is 2.41. The van der Waals surface area contributed by atoms with Crippen molar-refractivity contribution >= 4 is 22.9 Å². The van der Waals surface area contributed by atoms with E-state index in [4.69, 9.17) is 10.7 Å². The molecule has 6 heteroatoms. The molecule has 0 radical (unpaired) electrons. The maximum Gasteiger partial charge on any atom is 0.149 e. The van der Waals surface area contributed by atoms with Crippen molar-refractivity contribution < 1.29 is 8.78 Å². The van der Waals surface area contributed by atoms with Gasteiger partial charge in [-0.25, -0.2) is 8.78 Å². The zero-order valence-electron chi connectivity index (χ0n) is 19.4. The molecule has 1 aliphatic carbocycles. The summed E-state index contributed by atoms with van der Waals surface area (Å²) in [5, 5.41) is 6.24. The molecule has 0 atom stereocenters. The molecule has 3 aromatic carbocycles. The van der Waals surface area contributed by atoms with Crippen LogP contribution in [0.15, 0.2) is 72.2 Å². The lowest BCUT2D eigenvalue weighted by atomic mass is 10.0. The minimum atomic E-state index is -0.673. The topological polar surface area (TPSA) is 62.4 Å². The van der Waals surface area contributed by atoms with Gasteiger partial charge in [-0.2, -0.15) is 0 Å². The van der Waals surface area contributed by atoms with E-state index in [1.165, 1.54) is 24.5 Å². The summed E-state index contributed by atoms with van der Waals surface area (Å²) in [5.41, 5.74) is 10.8. The Balaban J connectivity index is 1.68. The van der Waals surface area contributed by atoms with Crippen molar-refractivity contribution in [3.8, 4) is 0 Å². The van der Waals surface area contributed by atoms with Gasteiger partial charge in [0.1, 0.15) is 17.5 Å². The second-order valence-corrected chi connectivity index (χ2v) is 8.57. The Morgan fingerprint density at radius 1 is 1.06 bits per heavy atom. The van der Waals surface area contributed by atoms with E-state index in [9.17, 15) is 8.78 Å².